The van der Waals surface area contributed by atoms with Crippen molar-refractivity contribution in [1.29, 1.82) is 0 Å². The Hall–Kier alpha value is -0.590. The van der Waals surface area contributed by atoms with E-state index in [1.54, 1.807) is 0 Å². The highest BCUT2D eigenvalue weighted by molar-refractivity contribution is 5.72. The maximum atomic E-state index is 10.3. The van der Waals surface area contributed by atoms with Crippen LogP contribution in [0.3, 0.4) is 0 Å². The number of aldehydes is 1. The van der Waals surface area contributed by atoms with Crippen molar-refractivity contribution in [3.63, 3.8) is 0 Å². The van der Waals surface area contributed by atoms with Crippen LogP contribution in [0, 0.1) is 11.8 Å². The summed E-state index contributed by atoms with van der Waals surface area (Å²) in [6.07, 6.45) is 5.38. The maximum Gasteiger partial charge on any atom is 0.145 e. The molecule has 0 aromatic heterocycles. The van der Waals surface area contributed by atoms with Gasteiger partial charge in [-0.1, -0.05) is 33.3 Å². The molecule has 0 unspecified atom stereocenters. The first kappa shape index (κ1) is 11.4. The van der Waals surface area contributed by atoms with Crippen molar-refractivity contribution < 1.29 is 4.79 Å². The predicted octanol–water partition coefficient (Wildman–Crippen LogP) is 3.20. The van der Waals surface area contributed by atoms with Gasteiger partial charge in [0.15, 0.2) is 0 Å². The summed E-state index contributed by atoms with van der Waals surface area (Å²) < 4.78 is 0. The van der Waals surface area contributed by atoms with Gasteiger partial charge in [-0.2, -0.15) is 0 Å². The van der Waals surface area contributed by atoms with Crippen LogP contribution < -0.4 is 0 Å². The van der Waals surface area contributed by atoms with Crippen LogP contribution in [-0.4, -0.2) is 6.29 Å². The van der Waals surface area contributed by atoms with E-state index in [1.807, 2.05) is 6.92 Å². The second-order valence-electron chi connectivity index (χ2n) is 3.75. The number of carbonyl (C=O) groups excluding carboxylic acids is 1. The molecule has 0 aliphatic heterocycles. The highest BCUT2D eigenvalue weighted by Gasteiger charge is 2.04. The number of rotatable bonds is 5. The number of hydrogen-bond donors (Lipinski definition) is 0. The molecule has 0 amide bonds. The van der Waals surface area contributed by atoms with E-state index in [9.17, 15) is 4.79 Å². The summed E-state index contributed by atoms with van der Waals surface area (Å²) in [7, 11) is 0. The lowest BCUT2D eigenvalue weighted by Crippen LogP contribution is -2.00. The van der Waals surface area contributed by atoms with Crippen LogP contribution in [0.1, 0.15) is 40.5 Å². The van der Waals surface area contributed by atoms with Crippen LogP contribution in [0.15, 0.2) is 11.6 Å². The van der Waals surface area contributed by atoms with Crippen LogP contribution in [0.5, 0.6) is 0 Å². The van der Waals surface area contributed by atoms with Gasteiger partial charge in [-0.05, 0) is 30.8 Å². The molecule has 0 spiro atoms. The fraction of sp³-hybridized carbons (Fsp3) is 0.727. The summed E-state index contributed by atoms with van der Waals surface area (Å²) in [4.78, 5) is 10.3. The first-order chi connectivity index (χ1) is 5.60. The standard InChI is InChI=1S/C11H20O/c1-5-9(2)6-10(3)7-11(4)8-12/h7-10H,5-6H2,1-4H3/b11-7+/t9-,10-/m1/s1. The molecule has 2 atom stereocenters. The first-order valence-electron chi connectivity index (χ1n) is 4.73. The summed E-state index contributed by atoms with van der Waals surface area (Å²) in [5, 5.41) is 0. The lowest BCUT2D eigenvalue weighted by atomic mass is 9.94. The van der Waals surface area contributed by atoms with Gasteiger partial charge in [-0.25, -0.2) is 0 Å². The molecule has 0 saturated heterocycles. The van der Waals surface area contributed by atoms with Crippen LogP contribution in [0.4, 0.5) is 0 Å². The Morgan fingerprint density at radius 1 is 1.42 bits per heavy atom. The van der Waals surface area contributed by atoms with Crippen molar-refractivity contribution in [1.82, 2.24) is 0 Å². The molecule has 0 aromatic carbocycles. The lowest BCUT2D eigenvalue weighted by molar-refractivity contribution is -0.104. The third-order valence-corrected chi connectivity index (χ3v) is 2.20. The van der Waals surface area contributed by atoms with Gasteiger partial charge in [-0.3, -0.25) is 4.79 Å². The van der Waals surface area contributed by atoms with Crippen LogP contribution in [0.25, 0.3) is 0 Å². The average Bonchev–Trinajstić information content (AvgIpc) is 2.03. The molecule has 12 heavy (non-hydrogen) atoms. The van der Waals surface area contributed by atoms with E-state index in [4.69, 9.17) is 0 Å². The van der Waals surface area contributed by atoms with Crippen molar-refractivity contribution in [2.45, 2.75) is 40.5 Å². The smallest absolute Gasteiger partial charge is 0.145 e. The van der Waals surface area contributed by atoms with Gasteiger partial charge < -0.3 is 0 Å². The molecule has 0 bridgehead atoms. The first-order valence-corrected chi connectivity index (χ1v) is 4.73. The van der Waals surface area contributed by atoms with E-state index in [0.717, 1.165) is 17.8 Å². The SMILES string of the molecule is CC[C@@H](C)C[C@@H](C)/C=C(\C)C=O. The molecule has 0 saturated carbocycles. The van der Waals surface area contributed by atoms with E-state index in [0.29, 0.717) is 5.92 Å². The van der Waals surface area contributed by atoms with Crippen molar-refractivity contribution in [2.75, 3.05) is 0 Å². The van der Waals surface area contributed by atoms with E-state index in [-0.39, 0.29) is 0 Å². The zero-order valence-electron chi connectivity index (χ0n) is 8.63. The van der Waals surface area contributed by atoms with Crippen molar-refractivity contribution in [3.8, 4) is 0 Å². The highest BCUT2D eigenvalue weighted by atomic mass is 16.1. The number of carbonyl (C=O) groups is 1. The summed E-state index contributed by atoms with van der Waals surface area (Å²) in [5.41, 5.74) is 0.853. The minimum absolute atomic E-state index is 0.533. The van der Waals surface area contributed by atoms with Gasteiger partial charge in [0, 0.05) is 0 Å². The molecule has 0 aromatic rings. The van der Waals surface area contributed by atoms with Crippen LogP contribution in [-0.2, 0) is 4.79 Å². The molecule has 1 heteroatoms. The van der Waals surface area contributed by atoms with Gasteiger partial charge >= 0.3 is 0 Å². The Morgan fingerprint density at radius 2 is 2.00 bits per heavy atom. The largest absolute Gasteiger partial charge is 0.298 e. The van der Waals surface area contributed by atoms with Gasteiger partial charge in [0.2, 0.25) is 0 Å². The third-order valence-electron chi connectivity index (χ3n) is 2.20. The van der Waals surface area contributed by atoms with Gasteiger partial charge in [0.1, 0.15) is 6.29 Å². The lowest BCUT2D eigenvalue weighted by Gasteiger charge is -2.12. The fourth-order valence-electron chi connectivity index (χ4n) is 1.36. The third kappa shape index (κ3) is 5.11. The second kappa shape index (κ2) is 5.99. The quantitative estimate of drug-likeness (QED) is 0.455. The topological polar surface area (TPSA) is 17.1 Å². The molecule has 0 fully saturated rings. The molecule has 0 N–H and O–H groups in total. The molecule has 0 heterocycles. The molecule has 0 radical (unpaired) electrons. The van der Waals surface area contributed by atoms with Crippen LogP contribution >= 0.6 is 0 Å². The van der Waals surface area contributed by atoms with Gasteiger partial charge in [0.05, 0.1) is 0 Å². The highest BCUT2D eigenvalue weighted by Crippen LogP contribution is 2.16. The summed E-state index contributed by atoms with van der Waals surface area (Å²) >= 11 is 0. The Bertz CT molecular complexity index is 158. The molecule has 0 aliphatic rings. The molecule has 0 rings (SSSR count). The average molecular weight is 168 g/mol. The zero-order chi connectivity index (χ0) is 9.56. The maximum absolute atomic E-state index is 10.3. The van der Waals surface area contributed by atoms with E-state index < -0.39 is 0 Å². The fourth-order valence-corrected chi connectivity index (χ4v) is 1.36. The van der Waals surface area contributed by atoms with E-state index >= 15 is 0 Å². The molecule has 1 nitrogen and oxygen atoms in total. The Balaban J connectivity index is 3.87. The Morgan fingerprint density at radius 3 is 2.42 bits per heavy atom. The normalized spacial score (nSPS) is 17.2. The molecule has 70 valence electrons. The monoisotopic (exact) mass is 168 g/mol. The Labute approximate surface area is 75.9 Å². The zero-order valence-corrected chi connectivity index (χ0v) is 8.63. The van der Waals surface area contributed by atoms with Crippen molar-refractivity contribution >= 4 is 6.29 Å². The number of hydrogen-bond acceptors (Lipinski definition) is 1. The number of allylic oxidation sites excluding steroid dienone is 2. The van der Waals surface area contributed by atoms with Crippen LogP contribution in [0.2, 0.25) is 0 Å². The summed E-state index contributed by atoms with van der Waals surface area (Å²) in [6.45, 7) is 8.48. The minimum atomic E-state index is 0.533. The molecule has 0 aliphatic carbocycles. The minimum Gasteiger partial charge on any atom is -0.298 e. The van der Waals surface area contributed by atoms with E-state index in [2.05, 4.69) is 26.8 Å². The summed E-state index contributed by atoms with van der Waals surface area (Å²) in [5.74, 6) is 1.29. The Kier molecular flexibility index (Phi) is 5.69. The predicted molar refractivity (Wildman–Crippen MR) is 53.1 cm³/mol. The molecular formula is C11H20O. The van der Waals surface area contributed by atoms with Crippen molar-refractivity contribution in [2.24, 2.45) is 11.8 Å². The molecular weight excluding hydrogens is 148 g/mol. The van der Waals surface area contributed by atoms with E-state index in [1.165, 1.54) is 12.8 Å². The van der Waals surface area contributed by atoms with Gasteiger partial charge in [0.25, 0.3) is 0 Å². The van der Waals surface area contributed by atoms with Crippen molar-refractivity contribution in [3.05, 3.63) is 11.6 Å². The summed E-state index contributed by atoms with van der Waals surface area (Å²) in [6, 6.07) is 0. The second-order valence-corrected chi connectivity index (χ2v) is 3.75. The van der Waals surface area contributed by atoms with Gasteiger partial charge in [-0.15, -0.1) is 0 Å².